The van der Waals surface area contributed by atoms with Crippen LogP contribution in [0.4, 0.5) is 17.1 Å². The van der Waals surface area contributed by atoms with E-state index in [1.165, 1.54) is 22.7 Å². The number of hydrogen-bond acceptors (Lipinski definition) is 6. The number of pyridine rings is 1. The van der Waals surface area contributed by atoms with Crippen LogP contribution in [-0.4, -0.2) is 12.0 Å². The molecular weight excluding hydrogens is 359 g/mol. The third-order valence-corrected chi connectivity index (χ3v) is 6.00. The second-order valence-electron chi connectivity index (χ2n) is 4.54. The molecule has 0 atom stereocenters. The van der Waals surface area contributed by atoms with Crippen LogP contribution in [-0.2, 0) is 0 Å². The molecule has 0 spiro atoms. The number of nitrogens with zero attached hydrogens (tertiary/aromatic N) is 1. The van der Waals surface area contributed by atoms with E-state index in [2.05, 4.69) is 10.3 Å². The summed E-state index contributed by atoms with van der Waals surface area (Å²) in [4.78, 5) is 6.14. The predicted octanol–water partition coefficient (Wildman–Crippen LogP) is 5.05. The average Bonchev–Trinajstić information content (AvgIpc) is 3.02. The first-order valence-corrected chi connectivity index (χ1v) is 8.66. The Bertz CT molecular complexity index is 822. The Morgan fingerprint density at radius 2 is 1.59 bits per heavy atom. The zero-order valence-electron chi connectivity index (χ0n) is 11.5. The molecule has 8 heteroatoms. The fourth-order valence-corrected chi connectivity index (χ4v) is 4.49. The lowest BCUT2D eigenvalue weighted by Crippen LogP contribution is -1.94. The van der Waals surface area contributed by atoms with E-state index in [0.29, 0.717) is 20.0 Å². The molecule has 0 bridgehead atoms. The molecule has 0 fully saturated rings. The molecule has 4 nitrogen and oxygen atoms in total. The van der Waals surface area contributed by atoms with E-state index in [-0.39, 0.29) is 0 Å². The van der Waals surface area contributed by atoms with Gasteiger partial charge in [-0.1, -0.05) is 23.2 Å². The summed E-state index contributed by atoms with van der Waals surface area (Å²) in [5, 5.41) is 3.05. The standard InChI is InChI=1S/C14H12Cl2N4S2/c1-19-9-3-11(22-14(9)16)7-5-20-4-6(12(7)18)10-2-8(17)13(15)21-10/h2-5,19H,17H2,1H3,(H2,18,20). The first-order valence-electron chi connectivity index (χ1n) is 6.27. The molecule has 0 aliphatic carbocycles. The Morgan fingerprint density at radius 1 is 1.00 bits per heavy atom. The topological polar surface area (TPSA) is 77.0 Å². The first kappa shape index (κ1) is 15.4. The predicted molar refractivity (Wildman–Crippen MR) is 99.3 cm³/mol. The fraction of sp³-hybridized carbons (Fsp3) is 0.0714. The van der Waals surface area contributed by atoms with Crippen molar-refractivity contribution >= 4 is 62.9 Å². The van der Waals surface area contributed by atoms with Gasteiger partial charge in [-0.2, -0.15) is 0 Å². The summed E-state index contributed by atoms with van der Waals surface area (Å²) < 4.78 is 1.24. The van der Waals surface area contributed by atoms with Gasteiger partial charge in [-0.25, -0.2) is 0 Å². The molecule has 0 aromatic carbocycles. The van der Waals surface area contributed by atoms with Gasteiger partial charge < -0.3 is 16.8 Å². The molecule has 3 aromatic rings. The van der Waals surface area contributed by atoms with E-state index in [0.717, 1.165) is 26.6 Å². The Labute approximate surface area is 145 Å². The van der Waals surface area contributed by atoms with Gasteiger partial charge in [0.25, 0.3) is 0 Å². The number of hydrogen-bond donors (Lipinski definition) is 3. The number of anilines is 3. The quantitative estimate of drug-likeness (QED) is 0.602. The van der Waals surface area contributed by atoms with Gasteiger partial charge in [-0.05, 0) is 12.1 Å². The SMILES string of the molecule is CNc1cc(-c2cncc(-c3cc(N)c(Cl)s3)c2N)sc1Cl. The van der Waals surface area contributed by atoms with Gasteiger partial charge in [0, 0.05) is 40.3 Å². The molecule has 0 radical (unpaired) electrons. The van der Waals surface area contributed by atoms with Crippen LogP contribution in [0, 0.1) is 0 Å². The van der Waals surface area contributed by atoms with E-state index in [1.807, 2.05) is 19.2 Å². The molecule has 0 saturated carbocycles. The number of halogens is 2. The number of nitrogens with two attached hydrogens (primary N) is 2. The van der Waals surface area contributed by atoms with Crippen LogP contribution >= 0.6 is 45.9 Å². The maximum atomic E-state index is 6.33. The Morgan fingerprint density at radius 3 is 2.09 bits per heavy atom. The molecule has 0 aliphatic rings. The summed E-state index contributed by atoms with van der Waals surface area (Å²) in [7, 11) is 1.83. The van der Waals surface area contributed by atoms with E-state index < -0.39 is 0 Å². The molecule has 3 heterocycles. The molecule has 0 unspecified atom stereocenters. The van der Waals surface area contributed by atoms with Gasteiger partial charge in [0.05, 0.1) is 17.1 Å². The summed E-state index contributed by atoms with van der Waals surface area (Å²) in [5.41, 5.74) is 15.9. The highest BCUT2D eigenvalue weighted by Crippen LogP contribution is 2.44. The highest BCUT2D eigenvalue weighted by Gasteiger charge is 2.16. The highest BCUT2D eigenvalue weighted by atomic mass is 35.5. The number of aromatic nitrogens is 1. The minimum Gasteiger partial charge on any atom is -0.398 e. The lowest BCUT2D eigenvalue weighted by Gasteiger charge is -2.07. The second-order valence-corrected chi connectivity index (χ2v) is 7.84. The zero-order chi connectivity index (χ0) is 15.9. The van der Waals surface area contributed by atoms with Crippen LogP contribution in [0.2, 0.25) is 8.67 Å². The summed E-state index contributed by atoms with van der Waals surface area (Å²) in [6, 6.07) is 3.77. The summed E-state index contributed by atoms with van der Waals surface area (Å²) in [6.45, 7) is 0. The zero-order valence-corrected chi connectivity index (χ0v) is 14.6. The molecule has 22 heavy (non-hydrogen) atoms. The van der Waals surface area contributed by atoms with Crippen molar-refractivity contribution in [3.63, 3.8) is 0 Å². The maximum Gasteiger partial charge on any atom is 0.117 e. The van der Waals surface area contributed by atoms with Gasteiger partial charge in [0.1, 0.15) is 8.67 Å². The van der Waals surface area contributed by atoms with Crippen LogP contribution < -0.4 is 16.8 Å². The monoisotopic (exact) mass is 370 g/mol. The molecule has 0 saturated heterocycles. The van der Waals surface area contributed by atoms with Crippen LogP contribution in [0.3, 0.4) is 0 Å². The minimum atomic E-state index is 0.545. The lowest BCUT2D eigenvalue weighted by atomic mass is 10.1. The van der Waals surface area contributed by atoms with Gasteiger partial charge in [0.15, 0.2) is 0 Å². The van der Waals surface area contributed by atoms with Crippen molar-refractivity contribution in [3.8, 4) is 20.9 Å². The van der Waals surface area contributed by atoms with Crippen molar-refractivity contribution in [3.05, 3.63) is 33.2 Å². The van der Waals surface area contributed by atoms with Crippen LogP contribution in [0.5, 0.6) is 0 Å². The maximum absolute atomic E-state index is 6.33. The Kier molecular flexibility index (Phi) is 4.18. The number of nitrogen functional groups attached to an aromatic ring is 2. The van der Waals surface area contributed by atoms with Crippen molar-refractivity contribution in [2.75, 3.05) is 23.8 Å². The summed E-state index contributed by atoms with van der Waals surface area (Å²) in [6.07, 6.45) is 3.45. The second kappa shape index (κ2) is 5.96. The van der Waals surface area contributed by atoms with Crippen LogP contribution in [0.15, 0.2) is 24.5 Å². The third-order valence-electron chi connectivity index (χ3n) is 3.19. The number of thiophene rings is 2. The summed E-state index contributed by atoms with van der Waals surface area (Å²) >= 11 is 15.1. The number of rotatable bonds is 3. The number of nitrogens with one attached hydrogen (secondary N) is 1. The van der Waals surface area contributed by atoms with Crippen molar-refractivity contribution in [2.45, 2.75) is 0 Å². The molecule has 3 rings (SSSR count). The van der Waals surface area contributed by atoms with E-state index in [4.69, 9.17) is 34.7 Å². The van der Waals surface area contributed by atoms with Gasteiger partial charge in [0.2, 0.25) is 0 Å². The average molecular weight is 371 g/mol. The van der Waals surface area contributed by atoms with E-state index in [9.17, 15) is 0 Å². The van der Waals surface area contributed by atoms with Gasteiger partial charge >= 0.3 is 0 Å². The van der Waals surface area contributed by atoms with Crippen LogP contribution in [0.25, 0.3) is 20.9 Å². The first-order chi connectivity index (χ1) is 10.5. The highest BCUT2D eigenvalue weighted by molar-refractivity contribution is 7.20. The molecule has 5 N–H and O–H groups in total. The third kappa shape index (κ3) is 2.63. The largest absolute Gasteiger partial charge is 0.398 e. The molecule has 3 aromatic heterocycles. The fourth-order valence-electron chi connectivity index (χ4n) is 2.05. The Hall–Kier alpha value is -1.47. The minimum absolute atomic E-state index is 0.545. The molecule has 0 amide bonds. The summed E-state index contributed by atoms with van der Waals surface area (Å²) in [5.74, 6) is 0. The smallest absolute Gasteiger partial charge is 0.117 e. The van der Waals surface area contributed by atoms with Crippen molar-refractivity contribution in [1.82, 2.24) is 4.98 Å². The van der Waals surface area contributed by atoms with Crippen LogP contribution in [0.1, 0.15) is 0 Å². The Balaban J connectivity index is 2.12. The lowest BCUT2D eigenvalue weighted by molar-refractivity contribution is 1.34. The molecule has 114 valence electrons. The van der Waals surface area contributed by atoms with Crippen molar-refractivity contribution < 1.29 is 0 Å². The van der Waals surface area contributed by atoms with Gasteiger partial charge in [-0.15, -0.1) is 22.7 Å². The van der Waals surface area contributed by atoms with Crippen molar-refractivity contribution in [2.24, 2.45) is 0 Å². The normalized spacial score (nSPS) is 10.9. The van der Waals surface area contributed by atoms with Gasteiger partial charge in [-0.3, -0.25) is 4.98 Å². The molecular formula is C14H12Cl2N4S2. The molecule has 0 aliphatic heterocycles. The van der Waals surface area contributed by atoms with Crippen molar-refractivity contribution in [1.29, 1.82) is 0 Å². The van der Waals surface area contributed by atoms with E-state index >= 15 is 0 Å². The van der Waals surface area contributed by atoms with E-state index in [1.54, 1.807) is 12.4 Å².